The number of aliphatic hydroxyl groups excluding tert-OH is 1. The molecule has 0 spiro atoms. The van der Waals surface area contributed by atoms with Crippen LogP contribution < -0.4 is 5.32 Å². The highest BCUT2D eigenvalue weighted by Crippen LogP contribution is 2.22. The molecule has 96 valence electrons. The molecule has 1 rings (SSSR count). The highest BCUT2D eigenvalue weighted by molar-refractivity contribution is 7.09. The average Bonchev–Trinajstić information content (AvgIpc) is 2.62. The number of nitrogens with zero attached hydrogens (tertiary/aromatic N) is 1. The van der Waals surface area contributed by atoms with Gasteiger partial charge < -0.3 is 10.4 Å². The average molecular weight is 256 g/mol. The zero-order valence-corrected chi connectivity index (χ0v) is 11.6. The summed E-state index contributed by atoms with van der Waals surface area (Å²) in [5, 5.41) is 14.6. The van der Waals surface area contributed by atoms with E-state index < -0.39 is 0 Å². The van der Waals surface area contributed by atoms with Crippen molar-refractivity contribution in [2.45, 2.75) is 40.2 Å². The Morgan fingerprint density at radius 3 is 2.65 bits per heavy atom. The summed E-state index contributed by atoms with van der Waals surface area (Å²) in [5.41, 5.74) is 0.378. The zero-order valence-electron chi connectivity index (χ0n) is 10.8. The summed E-state index contributed by atoms with van der Waals surface area (Å²) in [6, 6.07) is -0.0537. The number of thiazole rings is 1. The number of rotatable bonds is 4. The number of hydrogen-bond acceptors (Lipinski definition) is 4. The Morgan fingerprint density at radius 2 is 2.24 bits per heavy atom. The van der Waals surface area contributed by atoms with E-state index in [0.717, 1.165) is 5.01 Å². The molecule has 0 aliphatic heterocycles. The van der Waals surface area contributed by atoms with Gasteiger partial charge in [0, 0.05) is 18.0 Å². The van der Waals surface area contributed by atoms with Crippen molar-refractivity contribution in [3.8, 4) is 0 Å². The number of carbonyl (C=O) groups excluding carboxylic acids is 1. The summed E-state index contributed by atoms with van der Waals surface area (Å²) in [4.78, 5) is 16.1. The number of amides is 1. The van der Waals surface area contributed by atoms with Gasteiger partial charge in [0.1, 0.15) is 5.69 Å². The second-order valence-electron chi connectivity index (χ2n) is 5.16. The molecule has 0 fully saturated rings. The molecule has 0 aliphatic rings. The summed E-state index contributed by atoms with van der Waals surface area (Å²) in [6.07, 6.45) is 0.554. The lowest BCUT2D eigenvalue weighted by Gasteiger charge is -2.30. The molecular formula is C12H20N2O2S. The lowest BCUT2D eigenvalue weighted by atomic mass is 9.85. The second kappa shape index (κ2) is 5.60. The third-order valence-corrected chi connectivity index (χ3v) is 3.39. The highest BCUT2D eigenvalue weighted by Gasteiger charge is 2.26. The Bertz CT molecular complexity index is 382. The molecule has 4 nitrogen and oxygen atoms in total. The number of aliphatic hydroxyl groups is 1. The molecule has 0 aromatic carbocycles. The second-order valence-corrected chi connectivity index (χ2v) is 6.22. The SMILES string of the molecule is Cc1nc(C(=O)NC(CCO)C(C)(C)C)cs1. The van der Waals surface area contributed by atoms with Crippen molar-refractivity contribution in [1.82, 2.24) is 10.3 Å². The van der Waals surface area contributed by atoms with Crippen molar-refractivity contribution in [3.05, 3.63) is 16.1 Å². The number of carbonyl (C=O) groups is 1. The molecule has 1 atom stereocenters. The Balaban J connectivity index is 2.71. The van der Waals surface area contributed by atoms with E-state index in [4.69, 9.17) is 5.11 Å². The maximum atomic E-state index is 11.9. The fourth-order valence-corrected chi connectivity index (χ4v) is 2.14. The minimum Gasteiger partial charge on any atom is -0.396 e. The Hall–Kier alpha value is -0.940. The smallest absolute Gasteiger partial charge is 0.270 e. The lowest BCUT2D eigenvalue weighted by molar-refractivity contribution is 0.0880. The van der Waals surface area contributed by atoms with Gasteiger partial charge in [0.2, 0.25) is 0 Å². The van der Waals surface area contributed by atoms with E-state index in [-0.39, 0.29) is 24.0 Å². The highest BCUT2D eigenvalue weighted by atomic mass is 32.1. The molecule has 0 radical (unpaired) electrons. The number of hydrogen-bond donors (Lipinski definition) is 2. The van der Waals surface area contributed by atoms with E-state index in [2.05, 4.69) is 10.3 Å². The van der Waals surface area contributed by atoms with E-state index in [9.17, 15) is 4.79 Å². The van der Waals surface area contributed by atoms with Crippen molar-refractivity contribution in [1.29, 1.82) is 0 Å². The van der Waals surface area contributed by atoms with Gasteiger partial charge in [-0.1, -0.05) is 20.8 Å². The molecule has 17 heavy (non-hydrogen) atoms. The zero-order chi connectivity index (χ0) is 13.1. The predicted molar refractivity (Wildman–Crippen MR) is 69.3 cm³/mol. The molecule has 2 N–H and O–H groups in total. The van der Waals surface area contributed by atoms with Crippen molar-refractivity contribution >= 4 is 17.2 Å². The van der Waals surface area contributed by atoms with Gasteiger partial charge in [-0.3, -0.25) is 4.79 Å². The first kappa shape index (κ1) is 14.1. The first-order valence-corrected chi connectivity index (χ1v) is 6.56. The van der Waals surface area contributed by atoms with Crippen LogP contribution in [0.25, 0.3) is 0 Å². The number of aryl methyl sites for hydroxylation is 1. The van der Waals surface area contributed by atoms with Crippen LogP contribution in [0, 0.1) is 12.3 Å². The van der Waals surface area contributed by atoms with Crippen molar-refractivity contribution < 1.29 is 9.90 Å². The van der Waals surface area contributed by atoms with Gasteiger partial charge in [-0.15, -0.1) is 11.3 Å². The maximum absolute atomic E-state index is 11.9. The van der Waals surface area contributed by atoms with E-state index in [1.807, 2.05) is 27.7 Å². The van der Waals surface area contributed by atoms with Crippen LogP contribution in [0.15, 0.2) is 5.38 Å². The molecule has 1 unspecified atom stereocenters. The van der Waals surface area contributed by atoms with Crippen LogP contribution in [0.4, 0.5) is 0 Å². The van der Waals surface area contributed by atoms with Gasteiger partial charge in [0.25, 0.3) is 5.91 Å². The van der Waals surface area contributed by atoms with E-state index >= 15 is 0 Å². The summed E-state index contributed by atoms with van der Waals surface area (Å²) in [6.45, 7) is 8.06. The van der Waals surface area contributed by atoms with Crippen LogP contribution in [0.1, 0.15) is 42.7 Å². The molecule has 0 aliphatic carbocycles. The van der Waals surface area contributed by atoms with Gasteiger partial charge in [-0.25, -0.2) is 4.98 Å². The predicted octanol–water partition coefficient (Wildman–Crippen LogP) is 1.98. The topological polar surface area (TPSA) is 62.2 Å². The van der Waals surface area contributed by atoms with Crippen LogP contribution in [-0.2, 0) is 0 Å². The maximum Gasteiger partial charge on any atom is 0.270 e. The molecule has 1 aromatic heterocycles. The molecule has 1 heterocycles. The van der Waals surface area contributed by atoms with E-state index in [0.29, 0.717) is 12.1 Å². The van der Waals surface area contributed by atoms with Crippen LogP contribution >= 0.6 is 11.3 Å². The van der Waals surface area contributed by atoms with Crippen molar-refractivity contribution in [2.75, 3.05) is 6.61 Å². The fourth-order valence-electron chi connectivity index (χ4n) is 1.55. The monoisotopic (exact) mass is 256 g/mol. The van der Waals surface area contributed by atoms with Crippen LogP contribution in [0.2, 0.25) is 0 Å². The Morgan fingerprint density at radius 1 is 1.59 bits per heavy atom. The van der Waals surface area contributed by atoms with Crippen LogP contribution in [0.5, 0.6) is 0 Å². The quantitative estimate of drug-likeness (QED) is 0.866. The Labute approximate surface area is 106 Å². The molecule has 1 amide bonds. The normalized spacial score (nSPS) is 13.5. The van der Waals surface area contributed by atoms with Gasteiger partial charge in [-0.05, 0) is 18.8 Å². The molecule has 0 saturated carbocycles. The van der Waals surface area contributed by atoms with Gasteiger partial charge in [-0.2, -0.15) is 0 Å². The van der Waals surface area contributed by atoms with Gasteiger partial charge in [0.05, 0.1) is 5.01 Å². The standard InChI is InChI=1S/C12H20N2O2S/c1-8-13-9(7-17-8)11(16)14-10(5-6-15)12(2,3)4/h7,10,15H,5-6H2,1-4H3,(H,14,16). The molecule has 0 saturated heterocycles. The minimum atomic E-state index is -0.164. The largest absolute Gasteiger partial charge is 0.396 e. The summed E-state index contributed by atoms with van der Waals surface area (Å²) in [7, 11) is 0. The molecule has 1 aromatic rings. The van der Waals surface area contributed by atoms with Crippen molar-refractivity contribution in [2.24, 2.45) is 5.41 Å². The molecule has 0 bridgehead atoms. The van der Waals surface area contributed by atoms with Gasteiger partial charge >= 0.3 is 0 Å². The summed E-state index contributed by atoms with van der Waals surface area (Å²) >= 11 is 1.46. The summed E-state index contributed by atoms with van der Waals surface area (Å²) in [5.74, 6) is -0.164. The summed E-state index contributed by atoms with van der Waals surface area (Å²) < 4.78 is 0. The van der Waals surface area contributed by atoms with Crippen LogP contribution in [-0.4, -0.2) is 28.6 Å². The lowest BCUT2D eigenvalue weighted by Crippen LogP contribution is -2.44. The number of nitrogens with one attached hydrogen (secondary N) is 1. The van der Waals surface area contributed by atoms with E-state index in [1.54, 1.807) is 5.38 Å². The number of aromatic nitrogens is 1. The van der Waals surface area contributed by atoms with Crippen LogP contribution in [0.3, 0.4) is 0 Å². The first-order valence-electron chi connectivity index (χ1n) is 5.68. The molecular weight excluding hydrogens is 236 g/mol. The van der Waals surface area contributed by atoms with E-state index in [1.165, 1.54) is 11.3 Å². The fraction of sp³-hybridized carbons (Fsp3) is 0.667. The third kappa shape index (κ3) is 4.09. The van der Waals surface area contributed by atoms with Gasteiger partial charge in [0.15, 0.2) is 0 Å². The first-order chi connectivity index (χ1) is 7.84. The minimum absolute atomic E-state index is 0.0537. The third-order valence-electron chi connectivity index (χ3n) is 2.62. The van der Waals surface area contributed by atoms with Crippen molar-refractivity contribution in [3.63, 3.8) is 0 Å². The Kier molecular flexibility index (Phi) is 4.65. The molecule has 5 heteroatoms.